The molecule has 11 heteroatoms. The van der Waals surface area contributed by atoms with Gasteiger partial charge in [-0.2, -0.15) is 0 Å². The summed E-state index contributed by atoms with van der Waals surface area (Å²) >= 11 is 1.58. The molecule has 1 amide bonds. The Bertz CT molecular complexity index is 1920. The van der Waals surface area contributed by atoms with Crippen LogP contribution in [0.5, 0.6) is 0 Å². The van der Waals surface area contributed by atoms with Crippen LogP contribution in [0.2, 0.25) is 0 Å². The van der Waals surface area contributed by atoms with Crippen LogP contribution in [-0.2, 0) is 17.7 Å². The molecule has 8 heterocycles. The summed E-state index contributed by atoms with van der Waals surface area (Å²) in [6.07, 6.45) is 12.1. The Kier molecular flexibility index (Phi) is 7.29. The lowest BCUT2D eigenvalue weighted by atomic mass is 9.90. The number of oxazole rings is 1. The highest BCUT2D eigenvalue weighted by atomic mass is 32.1. The van der Waals surface area contributed by atoms with Gasteiger partial charge in [0.15, 0.2) is 0 Å². The fourth-order valence-corrected chi connectivity index (χ4v) is 8.18. The summed E-state index contributed by atoms with van der Waals surface area (Å²) in [5.74, 6) is 2.11. The molecule has 5 aromatic rings. The molecule has 3 aliphatic rings. The lowest BCUT2D eigenvalue weighted by Crippen LogP contribution is -2.22. The number of halogens is 1. The van der Waals surface area contributed by atoms with Gasteiger partial charge in [-0.05, 0) is 80.5 Å². The number of ether oxygens (including phenoxy) is 1. The second kappa shape index (κ2) is 11.6. The molecule has 0 saturated carbocycles. The topological polar surface area (TPSA) is 106 Å². The number of rotatable bonds is 8. The maximum atomic E-state index is 14.1. The number of hydrogen-bond acceptors (Lipinski definition) is 9. The summed E-state index contributed by atoms with van der Waals surface area (Å²) in [4.78, 5) is 35.6. The van der Waals surface area contributed by atoms with E-state index in [1.165, 1.54) is 12.3 Å². The van der Waals surface area contributed by atoms with Crippen molar-refractivity contribution in [2.45, 2.75) is 58.0 Å². The van der Waals surface area contributed by atoms with Crippen LogP contribution in [0.1, 0.15) is 71.2 Å². The van der Waals surface area contributed by atoms with E-state index < -0.39 is 0 Å². The number of aromatic nitrogens is 4. The van der Waals surface area contributed by atoms with Crippen LogP contribution in [-0.4, -0.2) is 50.5 Å². The van der Waals surface area contributed by atoms with Crippen molar-refractivity contribution in [2.24, 2.45) is 5.92 Å². The molecule has 8 rings (SSSR count). The van der Waals surface area contributed by atoms with Crippen molar-refractivity contribution in [3.63, 3.8) is 0 Å². The third kappa shape index (κ3) is 5.17. The van der Waals surface area contributed by atoms with E-state index in [0.29, 0.717) is 35.5 Å². The number of anilines is 1. The number of nitrogens with zero attached hydrogens (tertiary/aromatic N) is 5. The highest BCUT2D eigenvalue weighted by molar-refractivity contribution is 7.23. The third-order valence-corrected chi connectivity index (χ3v) is 10.4. The van der Waals surface area contributed by atoms with Gasteiger partial charge in [0.05, 0.1) is 45.7 Å². The highest BCUT2D eigenvalue weighted by Crippen LogP contribution is 2.50. The average Bonchev–Trinajstić information content (AvgIpc) is 3.85. The molecule has 3 aliphatic heterocycles. The van der Waals surface area contributed by atoms with E-state index in [9.17, 15) is 9.18 Å². The largest absolute Gasteiger partial charge is 0.441 e. The minimum Gasteiger partial charge on any atom is -0.441 e. The number of carbonyl (C=O) groups is 1. The van der Waals surface area contributed by atoms with Crippen LogP contribution in [0.15, 0.2) is 47.4 Å². The minimum absolute atomic E-state index is 0.00146. The van der Waals surface area contributed by atoms with Crippen LogP contribution in [0.25, 0.3) is 32.0 Å². The molecule has 2 saturated heterocycles. The van der Waals surface area contributed by atoms with Gasteiger partial charge in [0.2, 0.25) is 5.89 Å². The predicted molar refractivity (Wildman–Crippen MR) is 169 cm³/mol. The molecule has 5 aromatic heterocycles. The molecule has 1 atom stereocenters. The van der Waals surface area contributed by atoms with Gasteiger partial charge in [0.25, 0.3) is 5.91 Å². The fraction of sp³-hybridized carbons (Fsp3) is 0.382. The summed E-state index contributed by atoms with van der Waals surface area (Å²) in [6, 6.07) is 5.57. The van der Waals surface area contributed by atoms with Crippen LogP contribution >= 0.6 is 11.3 Å². The summed E-state index contributed by atoms with van der Waals surface area (Å²) in [7, 11) is 0. The lowest BCUT2D eigenvalue weighted by Gasteiger charge is -2.22. The molecular formula is C34H33FN6O3S. The molecule has 0 radical (unpaired) electrons. The van der Waals surface area contributed by atoms with E-state index >= 15 is 0 Å². The lowest BCUT2D eigenvalue weighted by molar-refractivity contribution is 0.0639. The zero-order chi connectivity index (χ0) is 30.5. The molecule has 0 aliphatic carbocycles. The van der Waals surface area contributed by atoms with Crippen LogP contribution < -0.4 is 5.32 Å². The molecule has 0 aromatic carbocycles. The average molecular weight is 625 g/mol. The summed E-state index contributed by atoms with van der Waals surface area (Å²) in [5, 5.41) is 4.37. The van der Waals surface area contributed by atoms with Gasteiger partial charge < -0.3 is 19.4 Å². The van der Waals surface area contributed by atoms with E-state index in [4.69, 9.17) is 14.1 Å². The van der Waals surface area contributed by atoms with Crippen LogP contribution in [0.3, 0.4) is 0 Å². The number of nitrogens with one attached hydrogen (secondary N) is 1. The van der Waals surface area contributed by atoms with Crippen molar-refractivity contribution in [2.75, 3.05) is 25.1 Å². The van der Waals surface area contributed by atoms with Crippen molar-refractivity contribution in [1.82, 2.24) is 24.8 Å². The van der Waals surface area contributed by atoms with E-state index in [0.717, 1.165) is 101 Å². The van der Waals surface area contributed by atoms with E-state index in [1.807, 2.05) is 17.9 Å². The molecule has 2 fully saturated rings. The molecule has 0 bridgehead atoms. The van der Waals surface area contributed by atoms with Crippen molar-refractivity contribution in [3.05, 3.63) is 77.1 Å². The Hall–Kier alpha value is -4.22. The van der Waals surface area contributed by atoms with Crippen LogP contribution in [0.4, 0.5) is 10.2 Å². The number of pyridine rings is 3. The normalized spacial score (nSPS) is 18.1. The fourth-order valence-electron chi connectivity index (χ4n) is 7.01. The Labute approximate surface area is 263 Å². The van der Waals surface area contributed by atoms with Crippen molar-refractivity contribution in [1.29, 1.82) is 0 Å². The van der Waals surface area contributed by atoms with E-state index in [1.54, 1.807) is 29.9 Å². The summed E-state index contributed by atoms with van der Waals surface area (Å²) in [5.41, 5.74) is 4.87. The molecule has 9 nitrogen and oxygen atoms in total. The van der Waals surface area contributed by atoms with Crippen molar-refractivity contribution < 1.29 is 18.3 Å². The molecule has 230 valence electrons. The van der Waals surface area contributed by atoms with Gasteiger partial charge in [0.1, 0.15) is 17.4 Å². The van der Waals surface area contributed by atoms with E-state index in [2.05, 4.69) is 26.3 Å². The summed E-state index contributed by atoms with van der Waals surface area (Å²) < 4.78 is 26.5. The maximum Gasteiger partial charge on any atom is 0.257 e. The Balaban J connectivity index is 1.28. The Morgan fingerprint density at radius 1 is 1.09 bits per heavy atom. The Morgan fingerprint density at radius 2 is 1.98 bits per heavy atom. The first-order chi connectivity index (χ1) is 22.0. The number of fused-ring (bicyclic) bond motifs is 4. The van der Waals surface area contributed by atoms with Gasteiger partial charge in [0, 0.05) is 49.1 Å². The smallest absolute Gasteiger partial charge is 0.257 e. The first-order valence-corrected chi connectivity index (χ1v) is 16.5. The standard InChI is InChI=1S/C34H33FN6O3S/c1-19-15-39-33(44-19)27-24(5-4-20-7-11-43-12-8-20)40-30-25-3-2-10-41(25)34(42)29(30)28(27)26-14-22-6-9-37-32(31(22)45-26)38-17-21-13-23(35)18-36-16-21/h6,9,13-16,18,20,25H,2-5,7-8,10-12,17H2,1H3,(H,37,38)/t25-/m1/s1. The molecule has 0 spiro atoms. The van der Waals surface area contributed by atoms with Crippen molar-refractivity contribution in [3.8, 4) is 21.9 Å². The third-order valence-electron chi connectivity index (χ3n) is 9.21. The highest BCUT2D eigenvalue weighted by Gasteiger charge is 2.44. The molecule has 45 heavy (non-hydrogen) atoms. The van der Waals surface area contributed by atoms with Gasteiger partial charge >= 0.3 is 0 Å². The first kappa shape index (κ1) is 28.3. The zero-order valence-electron chi connectivity index (χ0n) is 25.0. The van der Waals surface area contributed by atoms with Gasteiger partial charge in [-0.1, -0.05) is 0 Å². The van der Waals surface area contributed by atoms with Crippen LogP contribution in [0, 0.1) is 18.7 Å². The van der Waals surface area contributed by atoms with Gasteiger partial charge in [-0.3, -0.25) is 14.8 Å². The van der Waals surface area contributed by atoms with Crippen molar-refractivity contribution >= 4 is 33.1 Å². The number of hydrogen-bond donors (Lipinski definition) is 1. The first-order valence-electron chi connectivity index (χ1n) is 15.6. The number of amides is 1. The maximum absolute atomic E-state index is 14.1. The number of thiophene rings is 1. The second-order valence-corrected chi connectivity index (χ2v) is 13.2. The van der Waals surface area contributed by atoms with Gasteiger partial charge in [-0.15, -0.1) is 11.3 Å². The predicted octanol–water partition coefficient (Wildman–Crippen LogP) is 7.12. The molecule has 1 N–H and O–H groups in total. The Morgan fingerprint density at radius 3 is 2.80 bits per heavy atom. The zero-order valence-corrected chi connectivity index (χ0v) is 25.8. The molecular weight excluding hydrogens is 591 g/mol. The number of carbonyl (C=O) groups excluding carboxylic acids is 1. The molecule has 0 unspecified atom stereocenters. The SMILES string of the molecule is Cc1cnc(-c2c(CCC3CCOCC3)nc3c(c2-c2cc4ccnc(NCc5cncc(F)c5)c4s2)C(=O)N2CCC[C@H]32)o1. The quantitative estimate of drug-likeness (QED) is 0.195. The second-order valence-electron chi connectivity index (χ2n) is 12.1. The summed E-state index contributed by atoms with van der Waals surface area (Å²) in [6.45, 7) is 4.60. The van der Waals surface area contributed by atoms with Gasteiger partial charge in [-0.25, -0.2) is 14.4 Å². The van der Waals surface area contributed by atoms with E-state index in [-0.39, 0.29) is 17.8 Å². The minimum atomic E-state index is -0.377. The number of aryl methyl sites for hydroxylation is 2. The monoisotopic (exact) mass is 624 g/mol.